The number of nitrogens with zero attached hydrogens (tertiary/aromatic N) is 1. The first-order valence-electron chi connectivity index (χ1n) is 5.19. The lowest BCUT2D eigenvalue weighted by molar-refractivity contribution is 0.346. The van der Waals surface area contributed by atoms with Crippen LogP contribution in [0.2, 0.25) is 0 Å². The van der Waals surface area contributed by atoms with Gasteiger partial charge in [-0.25, -0.2) is 8.42 Å². The molecule has 1 aromatic carbocycles. The second-order valence-electron chi connectivity index (χ2n) is 4.18. The summed E-state index contributed by atoms with van der Waals surface area (Å²) in [5.74, 6) is 0.161. The van der Waals surface area contributed by atoms with Gasteiger partial charge >= 0.3 is 0 Å². The number of benzene rings is 1. The number of hydrogen-bond acceptors (Lipinski definition) is 4. The summed E-state index contributed by atoms with van der Waals surface area (Å²) in [7, 11) is -1.04. The van der Waals surface area contributed by atoms with Gasteiger partial charge in [0.1, 0.15) is 9.84 Å². The minimum Gasteiger partial charge on any atom is -0.398 e. The number of nitrogens with two attached hydrogens (primary N) is 1. The van der Waals surface area contributed by atoms with Crippen molar-refractivity contribution >= 4 is 31.5 Å². The lowest BCUT2D eigenvalue weighted by Crippen LogP contribution is -2.25. The Kier molecular flexibility index (Phi) is 4.97. The van der Waals surface area contributed by atoms with Gasteiger partial charge in [0.15, 0.2) is 0 Å². The van der Waals surface area contributed by atoms with Crippen molar-refractivity contribution in [1.29, 1.82) is 0 Å². The van der Waals surface area contributed by atoms with Crippen LogP contribution < -0.4 is 5.73 Å². The Morgan fingerprint density at radius 3 is 2.59 bits per heavy atom. The molecular formula is C11H17BrN2O2S. The van der Waals surface area contributed by atoms with E-state index in [9.17, 15) is 8.42 Å². The molecule has 0 radical (unpaired) electrons. The number of hydrogen-bond donors (Lipinski definition) is 1. The lowest BCUT2D eigenvalue weighted by Gasteiger charge is -2.18. The molecule has 0 unspecified atom stereocenters. The number of halogens is 1. The predicted molar refractivity (Wildman–Crippen MR) is 74.6 cm³/mol. The fourth-order valence-electron chi connectivity index (χ4n) is 1.41. The summed E-state index contributed by atoms with van der Waals surface area (Å²) in [6.07, 6.45) is 1.24. The van der Waals surface area contributed by atoms with Crippen LogP contribution in [0.5, 0.6) is 0 Å². The van der Waals surface area contributed by atoms with Crippen molar-refractivity contribution in [2.24, 2.45) is 0 Å². The van der Waals surface area contributed by atoms with Gasteiger partial charge in [-0.3, -0.25) is 0 Å². The molecule has 0 fully saturated rings. The quantitative estimate of drug-likeness (QED) is 0.835. The molecule has 0 aliphatic rings. The normalized spacial score (nSPS) is 12.0. The third kappa shape index (κ3) is 5.06. The average Bonchev–Trinajstić information content (AvgIpc) is 2.20. The molecule has 1 aromatic rings. The number of rotatable bonds is 5. The smallest absolute Gasteiger partial charge is 0.148 e. The van der Waals surface area contributed by atoms with Crippen molar-refractivity contribution < 1.29 is 8.42 Å². The summed E-state index contributed by atoms with van der Waals surface area (Å²) in [5, 5.41) is 0. The predicted octanol–water partition coefficient (Wildman–Crippen LogP) is 1.51. The van der Waals surface area contributed by atoms with Crippen LogP contribution in [0.3, 0.4) is 0 Å². The van der Waals surface area contributed by atoms with Crippen LogP contribution in [0, 0.1) is 0 Å². The summed E-state index contributed by atoms with van der Waals surface area (Å²) in [4.78, 5) is 1.94. The number of nitrogen functional groups attached to an aromatic ring is 1. The number of anilines is 1. The van der Waals surface area contributed by atoms with Gasteiger partial charge in [0.05, 0.1) is 5.75 Å². The summed E-state index contributed by atoms with van der Waals surface area (Å²) in [6.45, 7) is 1.13. The second kappa shape index (κ2) is 5.84. The molecule has 4 nitrogen and oxygen atoms in total. The molecule has 0 heterocycles. The molecule has 1 rings (SSSR count). The lowest BCUT2D eigenvalue weighted by atomic mass is 10.2. The molecule has 0 bridgehead atoms. The molecule has 0 saturated heterocycles. The van der Waals surface area contributed by atoms with Gasteiger partial charge in [0.2, 0.25) is 0 Å². The zero-order chi connectivity index (χ0) is 13.1. The summed E-state index contributed by atoms with van der Waals surface area (Å²) in [5.41, 5.74) is 7.58. The topological polar surface area (TPSA) is 63.4 Å². The number of sulfone groups is 1. The summed E-state index contributed by atoms with van der Waals surface area (Å²) < 4.78 is 23.1. The van der Waals surface area contributed by atoms with Crippen LogP contribution in [0.25, 0.3) is 0 Å². The Labute approximate surface area is 111 Å². The standard InChI is InChI=1S/C11H17BrN2O2S/c1-14(6-7-17(2,15)16)8-9-10(12)4-3-5-11(9)13/h3-5H,6-8,13H2,1-2H3. The molecule has 0 aromatic heterocycles. The Hall–Kier alpha value is -0.590. The Morgan fingerprint density at radius 1 is 1.41 bits per heavy atom. The van der Waals surface area contributed by atoms with Crippen LogP contribution in [0.15, 0.2) is 22.7 Å². The largest absolute Gasteiger partial charge is 0.398 e. The molecule has 0 aliphatic carbocycles. The third-order valence-corrected chi connectivity index (χ3v) is 4.09. The first-order valence-corrected chi connectivity index (χ1v) is 8.04. The van der Waals surface area contributed by atoms with E-state index in [0.717, 1.165) is 10.0 Å². The van der Waals surface area contributed by atoms with E-state index in [1.165, 1.54) is 6.26 Å². The highest BCUT2D eigenvalue weighted by molar-refractivity contribution is 9.10. The fourth-order valence-corrected chi connectivity index (χ4v) is 2.56. The van der Waals surface area contributed by atoms with Gasteiger partial charge in [0, 0.05) is 35.1 Å². The van der Waals surface area contributed by atoms with Crippen LogP contribution >= 0.6 is 15.9 Å². The maximum Gasteiger partial charge on any atom is 0.148 e. The van der Waals surface area contributed by atoms with Crippen molar-refractivity contribution in [3.05, 3.63) is 28.2 Å². The van der Waals surface area contributed by atoms with Gasteiger partial charge in [-0.2, -0.15) is 0 Å². The van der Waals surface area contributed by atoms with E-state index in [1.807, 2.05) is 30.1 Å². The van der Waals surface area contributed by atoms with Crippen LogP contribution in [-0.4, -0.2) is 38.9 Å². The highest BCUT2D eigenvalue weighted by atomic mass is 79.9. The van der Waals surface area contributed by atoms with E-state index in [-0.39, 0.29) is 5.75 Å². The van der Waals surface area contributed by atoms with Crippen LogP contribution in [-0.2, 0) is 16.4 Å². The molecule has 96 valence electrons. The second-order valence-corrected chi connectivity index (χ2v) is 7.29. The van der Waals surface area contributed by atoms with Crippen molar-refractivity contribution in [3.8, 4) is 0 Å². The van der Waals surface area contributed by atoms with E-state index in [1.54, 1.807) is 0 Å². The van der Waals surface area contributed by atoms with Gasteiger partial charge in [-0.1, -0.05) is 22.0 Å². The molecule has 0 amide bonds. The molecule has 0 atom stereocenters. The molecule has 0 aliphatic heterocycles. The highest BCUT2D eigenvalue weighted by Crippen LogP contribution is 2.23. The highest BCUT2D eigenvalue weighted by Gasteiger charge is 2.09. The van der Waals surface area contributed by atoms with E-state index >= 15 is 0 Å². The van der Waals surface area contributed by atoms with Crippen molar-refractivity contribution in [2.45, 2.75) is 6.54 Å². The zero-order valence-corrected chi connectivity index (χ0v) is 12.4. The van der Waals surface area contributed by atoms with Crippen molar-refractivity contribution in [2.75, 3.05) is 31.3 Å². The molecule has 2 N–H and O–H groups in total. The molecule has 6 heteroatoms. The Bertz CT molecular complexity index is 468. The molecule has 0 saturated carbocycles. The summed E-state index contributed by atoms with van der Waals surface area (Å²) >= 11 is 3.44. The summed E-state index contributed by atoms with van der Waals surface area (Å²) in [6, 6.07) is 5.64. The molecular weight excluding hydrogens is 304 g/mol. The SMILES string of the molecule is CN(CCS(C)(=O)=O)Cc1c(N)cccc1Br. The maximum atomic E-state index is 11.1. The monoisotopic (exact) mass is 320 g/mol. The molecule has 0 spiro atoms. The van der Waals surface area contributed by atoms with Gasteiger partial charge < -0.3 is 10.6 Å². The fraction of sp³-hybridized carbons (Fsp3) is 0.455. The zero-order valence-electron chi connectivity index (χ0n) is 9.98. The molecule has 17 heavy (non-hydrogen) atoms. The van der Waals surface area contributed by atoms with Crippen molar-refractivity contribution in [1.82, 2.24) is 4.90 Å². The van der Waals surface area contributed by atoms with E-state index in [0.29, 0.717) is 18.8 Å². The van der Waals surface area contributed by atoms with Gasteiger partial charge in [0.25, 0.3) is 0 Å². The van der Waals surface area contributed by atoms with E-state index in [2.05, 4.69) is 15.9 Å². The van der Waals surface area contributed by atoms with Crippen molar-refractivity contribution in [3.63, 3.8) is 0 Å². The average molecular weight is 321 g/mol. The first-order chi connectivity index (χ1) is 7.79. The Balaban J connectivity index is 2.65. The van der Waals surface area contributed by atoms with E-state index < -0.39 is 9.84 Å². The minimum atomic E-state index is -2.92. The maximum absolute atomic E-state index is 11.1. The Morgan fingerprint density at radius 2 is 2.06 bits per heavy atom. The third-order valence-electron chi connectivity index (χ3n) is 2.43. The van der Waals surface area contributed by atoms with Crippen LogP contribution in [0.4, 0.5) is 5.69 Å². The van der Waals surface area contributed by atoms with Crippen LogP contribution in [0.1, 0.15) is 5.56 Å². The van der Waals surface area contributed by atoms with E-state index in [4.69, 9.17) is 5.73 Å². The van der Waals surface area contributed by atoms with Gasteiger partial charge in [-0.05, 0) is 19.2 Å². The van der Waals surface area contributed by atoms with Gasteiger partial charge in [-0.15, -0.1) is 0 Å². The minimum absolute atomic E-state index is 0.161. The first kappa shape index (κ1) is 14.5.